The molecule has 202 valence electrons. The van der Waals surface area contributed by atoms with Gasteiger partial charge in [-0.3, -0.25) is 9.59 Å². The maximum atomic E-state index is 13.1. The molecule has 0 aliphatic rings. The summed E-state index contributed by atoms with van der Waals surface area (Å²) in [5.74, 6) is -1.33. The largest absolute Gasteiger partial charge is 0.462 e. The number of ether oxygens (including phenoxy) is 1. The first-order chi connectivity index (χ1) is 19.2. The quantitative estimate of drug-likeness (QED) is 0.123. The summed E-state index contributed by atoms with van der Waals surface area (Å²) in [6.07, 6.45) is 0. The van der Waals surface area contributed by atoms with E-state index in [1.165, 1.54) is 6.92 Å². The number of halogens is 1. The van der Waals surface area contributed by atoms with Crippen LogP contribution in [-0.4, -0.2) is 35.0 Å². The Labute approximate surface area is 245 Å². The molecule has 7 nitrogen and oxygen atoms in total. The van der Waals surface area contributed by atoms with Crippen molar-refractivity contribution in [3.8, 4) is 28.5 Å². The predicted molar refractivity (Wildman–Crippen MR) is 159 cm³/mol. The number of nitriles is 1. The third-order valence-corrected chi connectivity index (χ3v) is 8.40. The monoisotopic (exact) mass is 589 g/mol. The lowest BCUT2D eigenvalue weighted by molar-refractivity contribution is -0.113. The lowest BCUT2D eigenvalue weighted by Gasteiger charge is -2.13. The van der Waals surface area contributed by atoms with Crippen LogP contribution in [0.25, 0.3) is 22.4 Å². The fraction of sp³-hybridized carbons (Fsp3) is 0.167. The van der Waals surface area contributed by atoms with Gasteiger partial charge in [0.05, 0.1) is 34.1 Å². The SMILES string of the molecule is CCOC(=O)c1c(NC(=O)CSc2nc(-c3ccccc3)cc(-c3ccc(Cl)cc3)c2C#N)sc(C(C)=O)c1C. The standard InChI is InChI=1S/C30H24ClN3O4S2/c1-4-38-30(37)26-17(2)27(18(3)35)40-29(26)34-25(36)16-39-28-23(15-32)22(19-10-12-21(31)13-11-19)14-24(33-28)20-8-6-5-7-9-20/h5-14H,4,16H2,1-3H3,(H,34,36). The normalized spacial score (nSPS) is 10.6. The number of esters is 1. The van der Waals surface area contributed by atoms with E-state index >= 15 is 0 Å². The van der Waals surface area contributed by atoms with Gasteiger partial charge < -0.3 is 10.1 Å². The Bertz CT molecular complexity index is 1630. The van der Waals surface area contributed by atoms with Crippen molar-refractivity contribution in [3.05, 3.63) is 87.3 Å². The summed E-state index contributed by atoms with van der Waals surface area (Å²) in [7, 11) is 0. The number of thioether (sulfide) groups is 1. The molecule has 2 heterocycles. The molecule has 0 atom stereocenters. The van der Waals surface area contributed by atoms with Crippen molar-refractivity contribution in [2.75, 3.05) is 17.7 Å². The average molecular weight is 590 g/mol. The zero-order valence-corrected chi connectivity index (χ0v) is 24.3. The zero-order valence-electron chi connectivity index (χ0n) is 21.9. The summed E-state index contributed by atoms with van der Waals surface area (Å²) < 4.78 is 5.15. The van der Waals surface area contributed by atoms with Gasteiger partial charge in [-0.2, -0.15) is 5.26 Å². The van der Waals surface area contributed by atoms with Gasteiger partial charge in [0.15, 0.2) is 5.78 Å². The van der Waals surface area contributed by atoms with Crippen molar-refractivity contribution >= 4 is 57.4 Å². The van der Waals surface area contributed by atoms with Crippen LogP contribution in [0.5, 0.6) is 0 Å². The number of aromatic nitrogens is 1. The number of carbonyl (C=O) groups excluding carboxylic acids is 3. The number of Topliss-reactive ketones (excluding diaryl/α,β-unsaturated/α-hetero) is 1. The molecule has 1 amide bonds. The first-order valence-corrected chi connectivity index (χ1v) is 14.4. The van der Waals surface area contributed by atoms with Gasteiger partial charge in [0, 0.05) is 16.1 Å². The molecule has 10 heteroatoms. The van der Waals surface area contributed by atoms with Gasteiger partial charge in [0.2, 0.25) is 5.91 Å². The number of amides is 1. The number of benzene rings is 2. The number of ketones is 1. The molecule has 0 aliphatic heterocycles. The van der Waals surface area contributed by atoms with E-state index in [-0.39, 0.29) is 28.7 Å². The molecule has 1 N–H and O–H groups in total. The smallest absolute Gasteiger partial charge is 0.341 e. The van der Waals surface area contributed by atoms with Gasteiger partial charge in [0.1, 0.15) is 16.1 Å². The molecule has 4 aromatic rings. The van der Waals surface area contributed by atoms with Crippen LogP contribution in [0.15, 0.2) is 65.7 Å². The van der Waals surface area contributed by atoms with Gasteiger partial charge >= 0.3 is 5.97 Å². The second-order valence-electron chi connectivity index (χ2n) is 8.59. The molecule has 0 saturated carbocycles. The Hall–Kier alpha value is -3.97. The van der Waals surface area contributed by atoms with Crippen LogP contribution < -0.4 is 5.32 Å². The minimum Gasteiger partial charge on any atom is -0.462 e. The first kappa shape index (κ1) is 29.0. The Balaban J connectivity index is 1.67. The number of carbonyl (C=O) groups is 3. The lowest BCUT2D eigenvalue weighted by atomic mass is 9.99. The second kappa shape index (κ2) is 12.9. The van der Waals surface area contributed by atoms with Crippen molar-refractivity contribution in [1.29, 1.82) is 5.26 Å². The van der Waals surface area contributed by atoms with Crippen LogP contribution in [0, 0.1) is 18.3 Å². The van der Waals surface area contributed by atoms with E-state index in [1.807, 2.05) is 48.5 Å². The van der Waals surface area contributed by atoms with E-state index in [9.17, 15) is 19.6 Å². The topological polar surface area (TPSA) is 109 Å². The Morgan fingerprint density at radius 3 is 2.42 bits per heavy atom. The minimum absolute atomic E-state index is 0.0887. The fourth-order valence-electron chi connectivity index (χ4n) is 4.03. The Morgan fingerprint density at radius 2 is 1.80 bits per heavy atom. The van der Waals surface area contributed by atoms with Gasteiger partial charge in [-0.25, -0.2) is 9.78 Å². The number of hydrogen-bond donors (Lipinski definition) is 1. The van der Waals surface area contributed by atoms with E-state index in [2.05, 4.69) is 11.4 Å². The van der Waals surface area contributed by atoms with Crippen molar-refractivity contribution in [1.82, 2.24) is 4.98 Å². The summed E-state index contributed by atoms with van der Waals surface area (Å²) >= 11 is 8.23. The molecule has 0 saturated heterocycles. The number of hydrogen-bond acceptors (Lipinski definition) is 8. The van der Waals surface area contributed by atoms with Gasteiger partial charge in [0.25, 0.3) is 0 Å². The van der Waals surface area contributed by atoms with E-state index in [0.29, 0.717) is 37.3 Å². The summed E-state index contributed by atoms with van der Waals surface area (Å²) in [4.78, 5) is 42.9. The number of pyridine rings is 1. The highest BCUT2D eigenvalue weighted by Crippen LogP contribution is 2.36. The fourth-order valence-corrected chi connectivity index (χ4v) is 6.07. The van der Waals surface area contributed by atoms with E-state index in [0.717, 1.165) is 34.2 Å². The maximum Gasteiger partial charge on any atom is 0.341 e. The summed E-state index contributed by atoms with van der Waals surface area (Å²) in [6, 6.07) is 20.8. The van der Waals surface area contributed by atoms with Crippen LogP contribution >= 0.6 is 34.7 Å². The van der Waals surface area contributed by atoms with Gasteiger partial charge in [-0.1, -0.05) is 65.8 Å². The third kappa shape index (κ3) is 6.42. The van der Waals surface area contributed by atoms with Crippen molar-refractivity contribution in [2.45, 2.75) is 25.8 Å². The summed E-state index contributed by atoms with van der Waals surface area (Å²) in [6.45, 7) is 4.90. The highest BCUT2D eigenvalue weighted by Gasteiger charge is 2.25. The Kier molecular flexibility index (Phi) is 9.38. The molecule has 0 radical (unpaired) electrons. The average Bonchev–Trinajstić information content (AvgIpc) is 3.28. The molecule has 0 fully saturated rings. The molecule has 2 aromatic carbocycles. The van der Waals surface area contributed by atoms with Crippen LogP contribution in [0.3, 0.4) is 0 Å². The molecule has 40 heavy (non-hydrogen) atoms. The molecular weight excluding hydrogens is 566 g/mol. The highest BCUT2D eigenvalue weighted by atomic mass is 35.5. The number of rotatable bonds is 9. The molecule has 0 aliphatic carbocycles. The molecule has 4 rings (SSSR count). The van der Waals surface area contributed by atoms with E-state index in [1.54, 1.807) is 26.0 Å². The molecule has 0 unspecified atom stereocenters. The number of nitrogens with zero attached hydrogens (tertiary/aromatic N) is 2. The Morgan fingerprint density at radius 1 is 1.10 bits per heavy atom. The molecular formula is C30H24ClN3O4S2. The molecule has 0 bridgehead atoms. The summed E-state index contributed by atoms with van der Waals surface area (Å²) in [5, 5.41) is 14.1. The number of anilines is 1. The van der Waals surface area contributed by atoms with Crippen LogP contribution in [-0.2, 0) is 9.53 Å². The molecule has 2 aromatic heterocycles. The van der Waals surface area contributed by atoms with E-state index < -0.39 is 11.9 Å². The lowest BCUT2D eigenvalue weighted by Crippen LogP contribution is -2.16. The predicted octanol–water partition coefficient (Wildman–Crippen LogP) is 7.42. The summed E-state index contributed by atoms with van der Waals surface area (Å²) in [5.41, 5.74) is 3.93. The highest BCUT2D eigenvalue weighted by molar-refractivity contribution is 8.00. The first-order valence-electron chi connectivity index (χ1n) is 12.2. The van der Waals surface area contributed by atoms with E-state index in [4.69, 9.17) is 21.3 Å². The van der Waals surface area contributed by atoms with Gasteiger partial charge in [-0.15, -0.1) is 11.3 Å². The maximum absolute atomic E-state index is 13.1. The van der Waals surface area contributed by atoms with Crippen molar-refractivity contribution < 1.29 is 19.1 Å². The second-order valence-corrected chi connectivity index (χ2v) is 11.0. The van der Waals surface area contributed by atoms with Crippen molar-refractivity contribution in [3.63, 3.8) is 0 Å². The minimum atomic E-state index is -0.608. The van der Waals surface area contributed by atoms with Gasteiger partial charge in [-0.05, 0) is 50.1 Å². The van der Waals surface area contributed by atoms with Crippen LogP contribution in [0.4, 0.5) is 5.00 Å². The van der Waals surface area contributed by atoms with Crippen molar-refractivity contribution in [2.24, 2.45) is 0 Å². The third-order valence-electron chi connectivity index (χ3n) is 5.86. The zero-order chi connectivity index (χ0) is 28.8. The number of nitrogens with one attached hydrogen (secondary N) is 1. The number of thiophene rings is 1. The van der Waals surface area contributed by atoms with Crippen LogP contribution in [0.1, 0.15) is 45.0 Å². The van der Waals surface area contributed by atoms with Crippen LogP contribution in [0.2, 0.25) is 5.02 Å². The molecule has 0 spiro atoms.